The Kier molecular flexibility index (Phi) is 8.21. The summed E-state index contributed by atoms with van der Waals surface area (Å²) in [6.07, 6.45) is 0. The van der Waals surface area contributed by atoms with E-state index in [1.165, 1.54) is 40.3 Å². The van der Waals surface area contributed by atoms with E-state index in [0.29, 0.717) is 16.7 Å². The molecule has 322 valence electrons. The van der Waals surface area contributed by atoms with Crippen molar-refractivity contribution >= 4 is 128 Å². The van der Waals surface area contributed by atoms with Crippen molar-refractivity contribution in [2.45, 2.75) is 0 Å². The van der Waals surface area contributed by atoms with Crippen molar-refractivity contribution < 1.29 is 0 Å². The molecule has 0 bridgehead atoms. The van der Waals surface area contributed by atoms with Crippen LogP contribution in [0.5, 0.6) is 0 Å². The Morgan fingerprint density at radius 3 is 1.16 bits per heavy atom. The number of nitrogens with zero attached hydrogens (tertiary/aromatic N) is 4. The fourth-order valence-electron chi connectivity index (χ4n) is 11.7. The van der Waals surface area contributed by atoms with Gasteiger partial charge in [0.15, 0.2) is 0 Å². The fourth-order valence-corrected chi connectivity index (χ4v) is 13.9. The third kappa shape index (κ3) is 5.32. The van der Waals surface area contributed by atoms with Gasteiger partial charge in [0.05, 0.1) is 44.6 Å². The van der Waals surface area contributed by atoms with E-state index in [1.54, 1.807) is 22.7 Å². The van der Waals surface area contributed by atoms with Gasteiger partial charge in [-0.1, -0.05) is 158 Å². The van der Waals surface area contributed by atoms with Crippen LogP contribution in [0.15, 0.2) is 206 Å². The fraction of sp³-hybridized carbons (Fsp3) is 0. The van der Waals surface area contributed by atoms with Gasteiger partial charge in [-0.15, -0.1) is 22.7 Å². The number of thiophene rings is 2. The first-order valence-corrected chi connectivity index (χ1v) is 25.0. The molecule has 15 rings (SSSR count). The molecule has 0 radical (unpaired) electrons. The van der Waals surface area contributed by atoms with Gasteiger partial charge in [-0.05, 0) is 81.2 Å². The van der Waals surface area contributed by atoms with Crippen LogP contribution < -0.4 is 0 Å². The first-order valence-electron chi connectivity index (χ1n) is 23.4. The minimum Gasteiger partial charge on any atom is -0.307 e. The van der Waals surface area contributed by atoms with Crippen molar-refractivity contribution in [3.63, 3.8) is 0 Å². The number of benzene rings is 11. The van der Waals surface area contributed by atoms with Gasteiger partial charge >= 0.3 is 0 Å². The summed E-state index contributed by atoms with van der Waals surface area (Å²) in [5.41, 5.74) is 9.47. The summed E-state index contributed by atoms with van der Waals surface area (Å²) >= 11 is 3.58. The summed E-state index contributed by atoms with van der Waals surface area (Å²) in [6, 6.07) is 79.0. The van der Waals surface area contributed by atoms with Crippen LogP contribution in [0.4, 0.5) is 0 Å². The molecule has 4 aromatic heterocycles. The molecule has 15 aromatic rings. The van der Waals surface area contributed by atoms with Gasteiger partial charge in [0.2, 0.25) is 0 Å². The Labute approximate surface area is 408 Å². The minimum atomic E-state index is 0.436. The predicted molar refractivity (Wildman–Crippen MR) is 296 cm³/mol. The number of rotatable bonds is 4. The smallest absolute Gasteiger partial charge is 0.102 e. The number of nitriles is 2. The number of hydrogen-bond donors (Lipinski definition) is 0. The van der Waals surface area contributed by atoms with Crippen LogP contribution in [0.25, 0.3) is 139 Å². The van der Waals surface area contributed by atoms with E-state index in [2.05, 4.69) is 215 Å². The minimum absolute atomic E-state index is 0.436. The van der Waals surface area contributed by atoms with Crippen molar-refractivity contribution in [3.05, 3.63) is 217 Å². The van der Waals surface area contributed by atoms with E-state index in [0.717, 1.165) is 93.2 Å². The quantitative estimate of drug-likeness (QED) is 0.177. The average Bonchev–Trinajstić information content (AvgIpc) is 4.15. The molecule has 0 aliphatic carbocycles. The average molecular weight is 923 g/mol. The maximum absolute atomic E-state index is 12.2. The summed E-state index contributed by atoms with van der Waals surface area (Å²) in [5, 5.41) is 37.8. The van der Waals surface area contributed by atoms with Crippen molar-refractivity contribution in [2.24, 2.45) is 0 Å². The highest BCUT2D eigenvalue weighted by atomic mass is 32.1. The molecule has 0 unspecified atom stereocenters. The second-order valence-corrected chi connectivity index (χ2v) is 20.3. The largest absolute Gasteiger partial charge is 0.307 e. The van der Waals surface area contributed by atoms with E-state index in [1.807, 2.05) is 12.1 Å². The Morgan fingerprint density at radius 1 is 0.300 bits per heavy atom. The third-order valence-electron chi connectivity index (χ3n) is 14.6. The summed E-state index contributed by atoms with van der Waals surface area (Å²) in [6.45, 7) is 0. The van der Waals surface area contributed by atoms with Gasteiger partial charge in [-0.3, -0.25) is 0 Å². The standard InChI is InChI=1S/C64H34N4S2/c65-35-51-61(45-25-13-17-37-15-1-3-19-39(37)45)52(36-66)64(68-54-28-10-6-22-42(54)48-32-50-44-24-8-12-30-58(44)70-60(50)34-56(48)68)62(46-26-14-18-38-16-2-4-20-40(38)46)63(51)67-53-27-9-5-21-41(53)47-31-49-43-23-7-11-29-57(43)69-59(49)33-55(47)67/h1-34H. The molecule has 0 atom stereocenters. The molecule has 11 aromatic carbocycles. The number of para-hydroxylation sites is 2. The molecule has 0 saturated carbocycles. The Morgan fingerprint density at radius 2 is 0.686 bits per heavy atom. The molecule has 0 saturated heterocycles. The summed E-state index contributed by atoms with van der Waals surface area (Å²) < 4.78 is 9.49. The number of hydrogen-bond acceptors (Lipinski definition) is 4. The van der Waals surface area contributed by atoms with Crippen LogP contribution in [0.1, 0.15) is 11.1 Å². The van der Waals surface area contributed by atoms with E-state index in [-0.39, 0.29) is 0 Å². The lowest BCUT2D eigenvalue weighted by atomic mass is 9.84. The molecule has 0 aliphatic rings. The molecule has 4 heterocycles. The van der Waals surface area contributed by atoms with E-state index >= 15 is 0 Å². The van der Waals surface area contributed by atoms with Crippen molar-refractivity contribution in [2.75, 3.05) is 0 Å². The van der Waals surface area contributed by atoms with Gasteiger partial charge in [0.1, 0.15) is 12.1 Å². The zero-order valence-corrected chi connectivity index (χ0v) is 38.9. The Bertz CT molecular complexity index is 4630. The Hall–Kier alpha value is -9.04. The molecule has 0 N–H and O–H groups in total. The van der Waals surface area contributed by atoms with E-state index < -0.39 is 0 Å². The number of fused-ring (bicyclic) bond motifs is 14. The van der Waals surface area contributed by atoms with Crippen LogP contribution in [-0.2, 0) is 0 Å². The highest BCUT2D eigenvalue weighted by molar-refractivity contribution is 7.26. The SMILES string of the molecule is N#Cc1c(-c2cccc3ccccc23)c(C#N)c(-n2c3ccccc3c3cc4c(cc32)sc2ccccc24)c(-c2cccc3ccccc23)c1-n1c2ccccc2c2cc3c(cc21)sc1ccccc13. The molecule has 0 aliphatic heterocycles. The summed E-state index contributed by atoms with van der Waals surface area (Å²) in [4.78, 5) is 0. The molecule has 4 nitrogen and oxygen atoms in total. The van der Waals surface area contributed by atoms with Crippen LogP contribution in [-0.4, -0.2) is 9.13 Å². The second-order valence-electron chi connectivity index (χ2n) is 18.1. The number of aromatic nitrogens is 2. The third-order valence-corrected chi connectivity index (χ3v) is 16.8. The molecular weight excluding hydrogens is 889 g/mol. The first-order chi connectivity index (χ1) is 34.7. The van der Waals surface area contributed by atoms with E-state index in [4.69, 9.17) is 0 Å². The van der Waals surface area contributed by atoms with Gasteiger partial charge in [0, 0.05) is 73.0 Å². The normalized spacial score (nSPS) is 12.0. The Balaban J connectivity index is 1.24. The maximum Gasteiger partial charge on any atom is 0.102 e. The van der Waals surface area contributed by atoms with Crippen LogP contribution in [0.2, 0.25) is 0 Å². The van der Waals surface area contributed by atoms with Crippen molar-refractivity contribution in [1.82, 2.24) is 9.13 Å². The topological polar surface area (TPSA) is 57.4 Å². The molecular formula is C64H34N4S2. The lowest BCUT2D eigenvalue weighted by Crippen LogP contribution is -2.11. The van der Waals surface area contributed by atoms with Gasteiger partial charge < -0.3 is 9.13 Å². The lowest BCUT2D eigenvalue weighted by Gasteiger charge is -2.26. The van der Waals surface area contributed by atoms with Gasteiger partial charge in [0.25, 0.3) is 0 Å². The van der Waals surface area contributed by atoms with Crippen LogP contribution in [0.3, 0.4) is 0 Å². The van der Waals surface area contributed by atoms with Crippen LogP contribution >= 0.6 is 22.7 Å². The predicted octanol–water partition coefficient (Wildman–Crippen LogP) is 18.0. The monoisotopic (exact) mass is 922 g/mol. The highest BCUT2D eigenvalue weighted by Gasteiger charge is 2.33. The zero-order chi connectivity index (χ0) is 46.2. The first kappa shape index (κ1) is 39.0. The van der Waals surface area contributed by atoms with Crippen molar-refractivity contribution in [3.8, 4) is 45.8 Å². The molecule has 70 heavy (non-hydrogen) atoms. The zero-order valence-electron chi connectivity index (χ0n) is 37.2. The molecule has 0 amide bonds. The van der Waals surface area contributed by atoms with Gasteiger partial charge in [-0.25, -0.2) is 0 Å². The summed E-state index contributed by atoms with van der Waals surface area (Å²) in [7, 11) is 0. The van der Waals surface area contributed by atoms with Crippen molar-refractivity contribution in [1.29, 1.82) is 10.5 Å². The molecule has 0 spiro atoms. The van der Waals surface area contributed by atoms with E-state index in [9.17, 15) is 10.5 Å². The molecule has 6 heteroatoms. The maximum atomic E-state index is 12.2. The summed E-state index contributed by atoms with van der Waals surface area (Å²) in [5.74, 6) is 0. The molecule has 0 fully saturated rings. The van der Waals surface area contributed by atoms with Crippen LogP contribution in [0, 0.1) is 22.7 Å². The van der Waals surface area contributed by atoms with Gasteiger partial charge in [-0.2, -0.15) is 10.5 Å². The second kappa shape index (κ2) is 14.7. The highest BCUT2D eigenvalue weighted by Crippen LogP contribution is 2.52. The lowest BCUT2D eigenvalue weighted by molar-refractivity contribution is 1.12.